The van der Waals surface area contributed by atoms with Gasteiger partial charge in [-0.15, -0.1) is 0 Å². The van der Waals surface area contributed by atoms with E-state index in [1.54, 1.807) is 0 Å². The van der Waals surface area contributed by atoms with Gasteiger partial charge in [0.1, 0.15) is 5.65 Å². The number of rotatable bonds is 2. The minimum Gasteiger partial charge on any atom is -0.344 e. The number of H-pyrrole nitrogens is 1. The Morgan fingerprint density at radius 3 is 2.74 bits per heavy atom. The Balaban J connectivity index is 2.10. The molecule has 0 aliphatic carbocycles. The Labute approximate surface area is 112 Å². The van der Waals surface area contributed by atoms with Gasteiger partial charge in [0.25, 0.3) is 0 Å². The summed E-state index contributed by atoms with van der Waals surface area (Å²) in [5.41, 5.74) is 5.41. The second-order valence-electron chi connectivity index (χ2n) is 5.24. The molecule has 0 fully saturated rings. The van der Waals surface area contributed by atoms with Gasteiger partial charge in [-0.05, 0) is 42.7 Å². The van der Waals surface area contributed by atoms with Crippen LogP contribution in [0.25, 0.3) is 22.3 Å². The van der Waals surface area contributed by atoms with Crippen LogP contribution in [0.3, 0.4) is 0 Å². The predicted octanol–water partition coefficient (Wildman–Crippen LogP) is 4.06. The summed E-state index contributed by atoms with van der Waals surface area (Å²) < 4.78 is 0. The zero-order chi connectivity index (χ0) is 13.4. The second kappa shape index (κ2) is 4.50. The van der Waals surface area contributed by atoms with Crippen molar-refractivity contribution >= 4 is 11.0 Å². The lowest BCUT2D eigenvalue weighted by Gasteiger charge is -2.07. The molecule has 3 rings (SSSR count). The van der Waals surface area contributed by atoms with Gasteiger partial charge in [0.05, 0.1) is 5.69 Å². The highest BCUT2D eigenvalue weighted by atomic mass is 14.9. The van der Waals surface area contributed by atoms with Crippen LogP contribution >= 0.6 is 0 Å². The second-order valence-corrected chi connectivity index (χ2v) is 5.24. The van der Waals surface area contributed by atoms with Crippen molar-refractivity contribution in [3.63, 3.8) is 0 Å². The minimum absolute atomic E-state index is 0.507. The molecule has 96 valence electrons. The average molecular weight is 251 g/mol. The van der Waals surface area contributed by atoms with E-state index in [4.69, 9.17) is 0 Å². The Kier molecular flexibility index (Phi) is 2.82. The van der Waals surface area contributed by atoms with Crippen molar-refractivity contribution in [1.29, 1.82) is 0 Å². The summed E-state index contributed by atoms with van der Waals surface area (Å²) in [5, 5.41) is 1.13. The number of hydrogen-bond acceptors (Lipinski definition) is 2. The van der Waals surface area contributed by atoms with Crippen LogP contribution in [0, 0.1) is 6.92 Å². The monoisotopic (exact) mass is 251 g/mol. The molecule has 0 atom stereocenters. The molecular weight excluding hydrogens is 234 g/mol. The number of nitrogens with zero attached hydrogens (tertiary/aromatic N) is 2. The smallest absolute Gasteiger partial charge is 0.137 e. The average Bonchev–Trinajstić information content (AvgIpc) is 2.77. The van der Waals surface area contributed by atoms with Gasteiger partial charge in [0, 0.05) is 29.0 Å². The number of pyridine rings is 2. The number of hydrogen-bond donors (Lipinski definition) is 1. The lowest BCUT2D eigenvalue weighted by molar-refractivity contribution is 0.864. The van der Waals surface area contributed by atoms with Gasteiger partial charge in [-0.3, -0.25) is 4.98 Å². The third kappa shape index (κ3) is 2.24. The fourth-order valence-electron chi connectivity index (χ4n) is 2.26. The lowest BCUT2D eigenvalue weighted by Crippen LogP contribution is -1.91. The molecule has 3 heterocycles. The zero-order valence-electron chi connectivity index (χ0n) is 11.4. The number of fused-ring (bicyclic) bond motifs is 1. The van der Waals surface area contributed by atoms with Crippen molar-refractivity contribution in [3.05, 3.63) is 47.9 Å². The standard InChI is InChI=1S/C16H17N3/c1-10(2)12-4-5-17-15(8-12)14-7-13-6-11(3)19-16(13)18-9-14/h4-10H,1-3H3,(H,18,19). The SMILES string of the molecule is Cc1cc2cc(-c3cc(C(C)C)ccn3)cnc2[nH]1. The van der Waals surface area contributed by atoms with E-state index in [1.165, 1.54) is 5.56 Å². The molecule has 0 saturated heterocycles. The molecule has 3 nitrogen and oxygen atoms in total. The van der Waals surface area contributed by atoms with Gasteiger partial charge in [0.2, 0.25) is 0 Å². The van der Waals surface area contributed by atoms with Gasteiger partial charge in [-0.1, -0.05) is 13.8 Å². The number of nitrogens with one attached hydrogen (secondary N) is 1. The molecule has 19 heavy (non-hydrogen) atoms. The first kappa shape index (κ1) is 11.9. The lowest BCUT2D eigenvalue weighted by atomic mass is 10.0. The van der Waals surface area contributed by atoms with E-state index in [1.807, 2.05) is 19.3 Å². The first-order valence-corrected chi connectivity index (χ1v) is 6.55. The summed E-state index contributed by atoms with van der Waals surface area (Å²) in [4.78, 5) is 12.1. The summed E-state index contributed by atoms with van der Waals surface area (Å²) in [6.07, 6.45) is 3.75. The number of aromatic nitrogens is 3. The van der Waals surface area contributed by atoms with E-state index in [-0.39, 0.29) is 0 Å². The summed E-state index contributed by atoms with van der Waals surface area (Å²) in [5.74, 6) is 0.507. The third-order valence-corrected chi connectivity index (χ3v) is 3.35. The first-order chi connectivity index (χ1) is 9.13. The van der Waals surface area contributed by atoms with Gasteiger partial charge in [-0.25, -0.2) is 4.98 Å². The molecule has 0 unspecified atom stereocenters. The summed E-state index contributed by atoms with van der Waals surface area (Å²) in [7, 11) is 0. The fourth-order valence-corrected chi connectivity index (χ4v) is 2.26. The first-order valence-electron chi connectivity index (χ1n) is 6.55. The molecule has 0 aromatic carbocycles. The molecule has 0 saturated carbocycles. The number of aromatic amines is 1. The maximum Gasteiger partial charge on any atom is 0.137 e. The van der Waals surface area contributed by atoms with Gasteiger partial charge in [-0.2, -0.15) is 0 Å². The maximum atomic E-state index is 4.46. The Morgan fingerprint density at radius 2 is 1.95 bits per heavy atom. The van der Waals surface area contributed by atoms with Gasteiger partial charge < -0.3 is 4.98 Å². The summed E-state index contributed by atoms with van der Waals surface area (Å²) in [6.45, 7) is 6.42. The van der Waals surface area contributed by atoms with Crippen LogP contribution in [0.4, 0.5) is 0 Å². The summed E-state index contributed by atoms with van der Waals surface area (Å²) >= 11 is 0. The molecule has 0 aliphatic heterocycles. The Bertz CT molecular complexity index is 726. The zero-order valence-corrected chi connectivity index (χ0v) is 11.4. The van der Waals surface area contributed by atoms with E-state index in [9.17, 15) is 0 Å². The van der Waals surface area contributed by atoms with Gasteiger partial charge >= 0.3 is 0 Å². The van der Waals surface area contributed by atoms with E-state index in [2.05, 4.69) is 53.1 Å². The molecule has 3 aromatic heterocycles. The molecule has 0 aliphatic rings. The topological polar surface area (TPSA) is 41.6 Å². The van der Waals surface area contributed by atoms with Gasteiger partial charge in [0.15, 0.2) is 0 Å². The minimum atomic E-state index is 0.507. The van der Waals surface area contributed by atoms with E-state index in [0.717, 1.165) is 28.0 Å². The van der Waals surface area contributed by atoms with Crippen LogP contribution in [0.1, 0.15) is 31.0 Å². The number of aryl methyl sites for hydroxylation is 1. The van der Waals surface area contributed by atoms with Crippen LogP contribution in [0.5, 0.6) is 0 Å². The molecule has 3 heteroatoms. The quantitative estimate of drug-likeness (QED) is 0.746. The Hall–Kier alpha value is -2.16. The van der Waals surface area contributed by atoms with E-state index < -0.39 is 0 Å². The largest absolute Gasteiger partial charge is 0.344 e. The van der Waals surface area contributed by atoms with Crippen molar-refractivity contribution in [2.75, 3.05) is 0 Å². The molecular formula is C16H17N3. The molecule has 0 radical (unpaired) electrons. The highest BCUT2D eigenvalue weighted by molar-refractivity contribution is 5.81. The van der Waals surface area contributed by atoms with E-state index in [0.29, 0.717) is 5.92 Å². The van der Waals surface area contributed by atoms with E-state index >= 15 is 0 Å². The molecule has 0 amide bonds. The van der Waals surface area contributed by atoms with Crippen molar-refractivity contribution in [2.24, 2.45) is 0 Å². The van der Waals surface area contributed by atoms with Crippen molar-refractivity contribution in [3.8, 4) is 11.3 Å². The van der Waals surface area contributed by atoms with Crippen LogP contribution in [-0.2, 0) is 0 Å². The summed E-state index contributed by atoms with van der Waals surface area (Å²) in [6, 6.07) is 8.46. The maximum absolute atomic E-state index is 4.46. The highest BCUT2D eigenvalue weighted by Crippen LogP contribution is 2.24. The van der Waals surface area contributed by atoms with Crippen LogP contribution in [0.15, 0.2) is 36.7 Å². The van der Waals surface area contributed by atoms with Crippen LogP contribution in [-0.4, -0.2) is 15.0 Å². The molecule has 3 aromatic rings. The van der Waals surface area contributed by atoms with Crippen molar-refractivity contribution in [2.45, 2.75) is 26.7 Å². The molecule has 0 spiro atoms. The van der Waals surface area contributed by atoms with Crippen molar-refractivity contribution < 1.29 is 0 Å². The normalized spacial score (nSPS) is 11.4. The van der Waals surface area contributed by atoms with Crippen LogP contribution in [0.2, 0.25) is 0 Å². The fraction of sp³-hybridized carbons (Fsp3) is 0.250. The Morgan fingerprint density at radius 1 is 1.11 bits per heavy atom. The predicted molar refractivity (Wildman–Crippen MR) is 78.2 cm³/mol. The highest BCUT2D eigenvalue weighted by Gasteiger charge is 2.06. The molecule has 1 N–H and O–H groups in total. The third-order valence-electron chi connectivity index (χ3n) is 3.35. The van der Waals surface area contributed by atoms with Crippen LogP contribution < -0.4 is 0 Å². The van der Waals surface area contributed by atoms with Crippen molar-refractivity contribution in [1.82, 2.24) is 15.0 Å². The molecule has 0 bridgehead atoms.